The molecule has 20 heavy (non-hydrogen) atoms. The summed E-state index contributed by atoms with van der Waals surface area (Å²) in [4.78, 5) is 2.18. The molecule has 0 aromatic heterocycles. The molecule has 0 saturated heterocycles. The van der Waals surface area contributed by atoms with Gasteiger partial charge in [-0.1, -0.05) is 13.3 Å². The molecule has 0 bridgehead atoms. The second kappa shape index (κ2) is 6.33. The van der Waals surface area contributed by atoms with Crippen molar-refractivity contribution in [2.45, 2.75) is 45.1 Å². The van der Waals surface area contributed by atoms with Crippen LogP contribution < -0.4 is 15.4 Å². The van der Waals surface area contributed by atoms with Gasteiger partial charge in [0.2, 0.25) is 0 Å². The fourth-order valence-corrected chi connectivity index (χ4v) is 3.16. The predicted octanol–water partition coefficient (Wildman–Crippen LogP) is 3.82. The normalized spacial score (nSPS) is 22.6. The number of nitrogens with zero attached hydrogens (tertiary/aromatic N) is 1. The second-order valence-electron chi connectivity index (χ2n) is 5.74. The van der Waals surface area contributed by atoms with E-state index in [9.17, 15) is 4.39 Å². The molecular weight excluding hydrogens is 255 g/mol. The van der Waals surface area contributed by atoms with Crippen LogP contribution in [-0.2, 0) is 0 Å². The Morgan fingerprint density at radius 1 is 1.30 bits per heavy atom. The van der Waals surface area contributed by atoms with Gasteiger partial charge in [-0.15, -0.1) is 0 Å². The number of methoxy groups -OCH3 is 1. The average molecular weight is 280 g/mol. The Morgan fingerprint density at radius 3 is 2.50 bits per heavy atom. The number of ether oxygens (including phenoxy) is 1. The van der Waals surface area contributed by atoms with Crippen LogP contribution in [0.15, 0.2) is 12.1 Å². The lowest BCUT2D eigenvalue weighted by atomic mass is 9.84. The standard InChI is InChI=1S/C16H25FN2O/c1-4-11-5-7-12(8-6-11)19(2)15-10-16(20-3)13(17)9-14(15)18/h9-12H,4-8,18H2,1-3H3. The molecule has 0 spiro atoms. The number of benzene rings is 1. The topological polar surface area (TPSA) is 38.5 Å². The van der Waals surface area contributed by atoms with Crippen molar-refractivity contribution in [3.8, 4) is 5.75 Å². The highest BCUT2D eigenvalue weighted by Gasteiger charge is 2.24. The lowest BCUT2D eigenvalue weighted by Crippen LogP contribution is -2.35. The third-order valence-corrected chi connectivity index (χ3v) is 4.62. The highest BCUT2D eigenvalue weighted by atomic mass is 19.1. The molecule has 2 N–H and O–H groups in total. The molecule has 3 nitrogen and oxygen atoms in total. The first-order chi connectivity index (χ1) is 9.56. The molecule has 1 saturated carbocycles. The van der Waals surface area contributed by atoms with Crippen LogP contribution in [0.3, 0.4) is 0 Å². The number of nitrogens with two attached hydrogens (primary N) is 1. The van der Waals surface area contributed by atoms with Gasteiger partial charge in [0.1, 0.15) is 0 Å². The molecular formula is C16H25FN2O. The SMILES string of the molecule is CCC1CCC(N(C)c2cc(OC)c(F)cc2N)CC1. The van der Waals surface area contributed by atoms with Crippen molar-refractivity contribution < 1.29 is 9.13 Å². The Morgan fingerprint density at radius 2 is 1.95 bits per heavy atom. The molecule has 0 radical (unpaired) electrons. The third-order valence-electron chi connectivity index (χ3n) is 4.62. The maximum absolute atomic E-state index is 13.6. The van der Waals surface area contributed by atoms with Gasteiger partial charge < -0.3 is 15.4 Å². The Hall–Kier alpha value is -1.45. The zero-order chi connectivity index (χ0) is 14.7. The van der Waals surface area contributed by atoms with E-state index in [4.69, 9.17) is 10.5 Å². The van der Waals surface area contributed by atoms with Crippen LogP contribution in [0.2, 0.25) is 0 Å². The highest BCUT2D eigenvalue weighted by Crippen LogP contribution is 2.35. The monoisotopic (exact) mass is 280 g/mol. The van der Waals surface area contributed by atoms with E-state index in [0.717, 1.165) is 11.6 Å². The van der Waals surface area contributed by atoms with Gasteiger partial charge in [0.15, 0.2) is 11.6 Å². The molecule has 2 rings (SSSR count). The number of halogens is 1. The van der Waals surface area contributed by atoms with Crippen molar-refractivity contribution >= 4 is 11.4 Å². The fraction of sp³-hybridized carbons (Fsp3) is 0.625. The first-order valence-electron chi connectivity index (χ1n) is 7.42. The molecule has 0 amide bonds. The zero-order valence-corrected chi connectivity index (χ0v) is 12.7. The smallest absolute Gasteiger partial charge is 0.167 e. The van der Waals surface area contributed by atoms with Gasteiger partial charge in [-0.05, 0) is 31.6 Å². The molecule has 0 heterocycles. The van der Waals surface area contributed by atoms with E-state index in [1.807, 2.05) is 7.05 Å². The maximum Gasteiger partial charge on any atom is 0.167 e. The van der Waals surface area contributed by atoms with Crippen molar-refractivity contribution in [2.75, 3.05) is 24.8 Å². The summed E-state index contributed by atoms with van der Waals surface area (Å²) in [7, 11) is 3.52. The van der Waals surface area contributed by atoms with E-state index >= 15 is 0 Å². The van der Waals surface area contributed by atoms with Crippen molar-refractivity contribution in [1.82, 2.24) is 0 Å². The van der Waals surface area contributed by atoms with Gasteiger partial charge in [0.25, 0.3) is 0 Å². The molecule has 0 atom stereocenters. The van der Waals surface area contributed by atoms with Crippen molar-refractivity contribution in [1.29, 1.82) is 0 Å². The van der Waals surface area contributed by atoms with E-state index in [1.165, 1.54) is 45.3 Å². The summed E-state index contributed by atoms with van der Waals surface area (Å²) in [5, 5.41) is 0. The van der Waals surface area contributed by atoms with Gasteiger partial charge in [-0.2, -0.15) is 0 Å². The minimum atomic E-state index is -0.406. The zero-order valence-electron chi connectivity index (χ0n) is 12.7. The molecule has 0 unspecified atom stereocenters. The molecule has 1 fully saturated rings. The Labute approximate surface area is 120 Å². The quantitative estimate of drug-likeness (QED) is 0.852. The van der Waals surface area contributed by atoms with E-state index in [1.54, 1.807) is 6.07 Å². The summed E-state index contributed by atoms with van der Waals surface area (Å²) in [6.45, 7) is 2.26. The van der Waals surface area contributed by atoms with E-state index in [2.05, 4.69) is 11.8 Å². The molecule has 1 aromatic rings. The molecule has 1 aromatic carbocycles. The van der Waals surface area contributed by atoms with Gasteiger partial charge in [-0.25, -0.2) is 4.39 Å². The molecule has 1 aliphatic rings. The van der Waals surface area contributed by atoms with Gasteiger partial charge >= 0.3 is 0 Å². The number of nitrogen functional groups attached to an aromatic ring is 1. The predicted molar refractivity (Wildman–Crippen MR) is 81.8 cm³/mol. The Balaban J connectivity index is 2.15. The molecule has 0 aliphatic heterocycles. The summed E-state index contributed by atoms with van der Waals surface area (Å²) >= 11 is 0. The van der Waals surface area contributed by atoms with Crippen LogP contribution in [0.1, 0.15) is 39.0 Å². The largest absolute Gasteiger partial charge is 0.494 e. The minimum absolute atomic E-state index is 0.253. The first kappa shape index (κ1) is 14.9. The van der Waals surface area contributed by atoms with E-state index in [-0.39, 0.29) is 5.75 Å². The molecule has 1 aliphatic carbocycles. The first-order valence-corrected chi connectivity index (χ1v) is 7.42. The molecule has 112 valence electrons. The fourth-order valence-electron chi connectivity index (χ4n) is 3.16. The van der Waals surface area contributed by atoms with Crippen LogP contribution in [0, 0.1) is 11.7 Å². The van der Waals surface area contributed by atoms with Crippen LogP contribution in [0.25, 0.3) is 0 Å². The summed E-state index contributed by atoms with van der Waals surface area (Å²) in [6, 6.07) is 3.54. The number of rotatable bonds is 4. The minimum Gasteiger partial charge on any atom is -0.494 e. The summed E-state index contributed by atoms with van der Waals surface area (Å²) in [5.74, 6) is 0.708. The second-order valence-corrected chi connectivity index (χ2v) is 5.74. The van der Waals surface area contributed by atoms with Gasteiger partial charge in [-0.3, -0.25) is 0 Å². The van der Waals surface area contributed by atoms with E-state index in [0.29, 0.717) is 11.7 Å². The lowest BCUT2D eigenvalue weighted by Gasteiger charge is -2.36. The Kier molecular flexibility index (Phi) is 4.73. The van der Waals surface area contributed by atoms with Crippen LogP contribution in [0.5, 0.6) is 5.75 Å². The highest BCUT2D eigenvalue weighted by molar-refractivity contribution is 5.70. The number of hydrogen-bond donors (Lipinski definition) is 1. The third kappa shape index (κ3) is 3.00. The van der Waals surface area contributed by atoms with Gasteiger partial charge in [0.05, 0.1) is 18.5 Å². The van der Waals surface area contributed by atoms with Crippen molar-refractivity contribution in [2.24, 2.45) is 5.92 Å². The van der Waals surface area contributed by atoms with Crippen LogP contribution >= 0.6 is 0 Å². The maximum atomic E-state index is 13.6. The average Bonchev–Trinajstić information content (AvgIpc) is 2.47. The van der Waals surface area contributed by atoms with Crippen molar-refractivity contribution in [3.05, 3.63) is 17.9 Å². The number of hydrogen-bond acceptors (Lipinski definition) is 3. The Bertz CT molecular complexity index is 456. The van der Waals surface area contributed by atoms with Crippen molar-refractivity contribution in [3.63, 3.8) is 0 Å². The van der Waals surface area contributed by atoms with Crippen LogP contribution in [-0.4, -0.2) is 20.2 Å². The van der Waals surface area contributed by atoms with Crippen LogP contribution in [0.4, 0.5) is 15.8 Å². The van der Waals surface area contributed by atoms with E-state index < -0.39 is 5.82 Å². The number of anilines is 2. The summed E-state index contributed by atoms with van der Waals surface area (Å²) in [5.41, 5.74) is 7.31. The summed E-state index contributed by atoms with van der Waals surface area (Å²) in [6.07, 6.45) is 6.15. The summed E-state index contributed by atoms with van der Waals surface area (Å²) < 4.78 is 18.7. The lowest BCUT2D eigenvalue weighted by molar-refractivity contribution is 0.313. The molecule has 4 heteroatoms. The van der Waals surface area contributed by atoms with Gasteiger partial charge in [0, 0.05) is 25.2 Å².